The Labute approximate surface area is 151 Å². The van der Waals surface area contributed by atoms with Gasteiger partial charge in [0.05, 0.1) is 10.9 Å². The van der Waals surface area contributed by atoms with Crippen LogP contribution in [0.15, 0.2) is 30.6 Å². The monoisotopic (exact) mass is 350 g/mol. The molecule has 0 saturated heterocycles. The largest absolute Gasteiger partial charge is 0.507 e. The van der Waals surface area contributed by atoms with Crippen LogP contribution >= 0.6 is 0 Å². The average Bonchev–Trinajstić information content (AvgIpc) is 3.13. The average molecular weight is 350 g/mol. The standard InChI is InChI=1S/C19H22N6O/c1-12-13(2)24(10-9-23(3)4)18-16(12)19-21-17(22-25(19)11-20-18)14-7-5-6-8-15(14)26/h5-8,11,26H,9-10H2,1-4H3. The van der Waals surface area contributed by atoms with Crippen LogP contribution in [0.2, 0.25) is 0 Å². The van der Waals surface area contributed by atoms with Crippen LogP contribution in [0.1, 0.15) is 11.3 Å². The zero-order chi connectivity index (χ0) is 18.4. The first-order valence-corrected chi connectivity index (χ1v) is 8.61. The summed E-state index contributed by atoms with van der Waals surface area (Å²) in [6.07, 6.45) is 1.69. The van der Waals surface area contributed by atoms with Gasteiger partial charge in [-0.25, -0.2) is 14.5 Å². The highest BCUT2D eigenvalue weighted by Gasteiger charge is 2.19. The molecule has 3 aromatic heterocycles. The van der Waals surface area contributed by atoms with E-state index in [4.69, 9.17) is 4.98 Å². The number of aryl methyl sites for hydroxylation is 1. The van der Waals surface area contributed by atoms with E-state index in [9.17, 15) is 5.11 Å². The Morgan fingerprint density at radius 1 is 1.12 bits per heavy atom. The van der Waals surface area contributed by atoms with E-state index in [0.717, 1.165) is 35.3 Å². The van der Waals surface area contributed by atoms with E-state index in [2.05, 4.69) is 47.5 Å². The molecule has 7 heteroatoms. The normalized spacial score (nSPS) is 11.9. The van der Waals surface area contributed by atoms with Crippen LogP contribution in [0.4, 0.5) is 0 Å². The molecule has 0 radical (unpaired) electrons. The van der Waals surface area contributed by atoms with Crippen LogP contribution < -0.4 is 0 Å². The number of nitrogens with zero attached hydrogens (tertiary/aromatic N) is 6. The van der Waals surface area contributed by atoms with Crippen molar-refractivity contribution >= 4 is 16.7 Å². The topological polar surface area (TPSA) is 71.5 Å². The first-order valence-electron chi connectivity index (χ1n) is 8.61. The summed E-state index contributed by atoms with van der Waals surface area (Å²) in [5.74, 6) is 0.666. The van der Waals surface area contributed by atoms with E-state index >= 15 is 0 Å². The van der Waals surface area contributed by atoms with Crippen LogP contribution in [0.25, 0.3) is 28.1 Å². The number of hydrogen-bond donors (Lipinski definition) is 1. The molecule has 0 aliphatic heterocycles. The summed E-state index contributed by atoms with van der Waals surface area (Å²) in [6, 6.07) is 7.10. The number of phenols is 1. The van der Waals surface area contributed by atoms with E-state index < -0.39 is 0 Å². The van der Waals surface area contributed by atoms with E-state index in [-0.39, 0.29) is 5.75 Å². The summed E-state index contributed by atoms with van der Waals surface area (Å²) in [4.78, 5) is 11.5. The van der Waals surface area contributed by atoms with Crippen molar-refractivity contribution in [2.75, 3.05) is 20.6 Å². The molecule has 3 heterocycles. The molecule has 4 aromatic rings. The van der Waals surface area contributed by atoms with E-state index in [0.29, 0.717) is 11.4 Å². The van der Waals surface area contributed by atoms with Gasteiger partial charge < -0.3 is 14.6 Å². The zero-order valence-corrected chi connectivity index (χ0v) is 15.4. The molecule has 0 bridgehead atoms. The number of rotatable bonds is 4. The Bertz CT molecular complexity index is 1110. The third kappa shape index (κ3) is 2.52. The lowest BCUT2D eigenvalue weighted by Gasteiger charge is -2.12. The minimum Gasteiger partial charge on any atom is -0.507 e. The van der Waals surface area contributed by atoms with Crippen molar-refractivity contribution in [3.05, 3.63) is 41.9 Å². The van der Waals surface area contributed by atoms with Gasteiger partial charge in [0.2, 0.25) is 0 Å². The lowest BCUT2D eigenvalue weighted by Crippen LogP contribution is -2.19. The molecule has 0 spiro atoms. The van der Waals surface area contributed by atoms with Gasteiger partial charge in [0, 0.05) is 18.8 Å². The van der Waals surface area contributed by atoms with Gasteiger partial charge >= 0.3 is 0 Å². The van der Waals surface area contributed by atoms with Crippen LogP contribution in [0, 0.1) is 13.8 Å². The summed E-state index contributed by atoms with van der Waals surface area (Å²) < 4.78 is 3.92. The quantitative estimate of drug-likeness (QED) is 0.613. The van der Waals surface area contributed by atoms with Gasteiger partial charge in [-0.05, 0) is 45.6 Å². The maximum atomic E-state index is 10.1. The highest BCUT2D eigenvalue weighted by molar-refractivity contribution is 5.94. The van der Waals surface area contributed by atoms with Crippen LogP contribution in [0.3, 0.4) is 0 Å². The molecule has 1 aromatic carbocycles. The molecule has 0 aliphatic rings. The van der Waals surface area contributed by atoms with Crippen molar-refractivity contribution in [1.29, 1.82) is 0 Å². The van der Waals surface area contributed by atoms with E-state index in [1.807, 2.05) is 12.1 Å². The fourth-order valence-corrected chi connectivity index (χ4v) is 3.28. The number of phenolic OH excluding ortho intramolecular Hbond substituents is 1. The molecule has 0 amide bonds. The fourth-order valence-electron chi connectivity index (χ4n) is 3.28. The van der Waals surface area contributed by atoms with Crippen molar-refractivity contribution in [2.24, 2.45) is 0 Å². The minimum absolute atomic E-state index is 0.170. The second kappa shape index (κ2) is 6.10. The number of aromatic hydroxyl groups is 1. The second-order valence-corrected chi connectivity index (χ2v) is 6.83. The molecule has 134 valence electrons. The maximum Gasteiger partial charge on any atom is 0.185 e. The summed E-state index contributed by atoms with van der Waals surface area (Å²) >= 11 is 0. The van der Waals surface area contributed by atoms with Crippen molar-refractivity contribution < 1.29 is 5.11 Å². The summed E-state index contributed by atoms with van der Waals surface area (Å²) in [5.41, 5.74) is 4.65. The van der Waals surface area contributed by atoms with Crippen LogP contribution in [-0.2, 0) is 6.54 Å². The van der Waals surface area contributed by atoms with Gasteiger partial charge in [0.15, 0.2) is 11.5 Å². The summed E-state index contributed by atoms with van der Waals surface area (Å²) in [7, 11) is 4.13. The number of aromatic nitrogens is 5. The Morgan fingerprint density at radius 2 is 1.88 bits per heavy atom. The molecule has 0 saturated carbocycles. The Hall–Kier alpha value is -2.93. The lowest BCUT2D eigenvalue weighted by molar-refractivity contribution is 0.384. The number of fused-ring (bicyclic) bond motifs is 3. The van der Waals surface area contributed by atoms with Crippen molar-refractivity contribution in [2.45, 2.75) is 20.4 Å². The summed E-state index contributed by atoms with van der Waals surface area (Å²) in [5, 5.41) is 15.6. The lowest BCUT2D eigenvalue weighted by atomic mass is 10.2. The highest BCUT2D eigenvalue weighted by atomic mass is 16.3. The number of likely N-dealkylation sites (N-methyl/N-ethyl adjacent to an activating group) is 1. The van der Waals surface area contributed by atoms with Gasteiger partial charge in [-0.3, -0.25) is 0 Å². The number of benzene rings is 1. The molecule has 4 rings (SSSR count). The SMILES string of the molecule is Cc1c(C)n(CCN(C)C)c2ncn3nc(-c4ccccc4O)nc3c12. The van der Waals surface area contributed by atoms with Crippen molar-refractivity contribution in [1.82, 2.24) is 29.0 Å². The smallest absolute Gasteiger partial charge is 0.185 e. The van der Waals surface area contributed by atoms with Gasteiger partial charge in [-0.2, -0.15) is 0 Å². The molecule has 26 heavy (non-hydrogen) atoms. The first-order chi connectivity index (χ1) is 12.5. The predicted molar refractivity (Wildman–Crippen MR) is 101 cm³/mol. The van der Waals surface area contributed by atoms with Crippen LogP contribution in [0.5, 0.6) is 5.75 Å². The minimum atomic E-state index is 0.170. The van der Waals surface area contributed by atoms with Crippen molar-refractivity contribution in [3.8, 4) is 17.1 Å². The molecule has 0 aliphatic carbocycles. The molecular weight excluding hydrogens is 328 g/mol. The molecule has 1 N–H and O–H groups in total. The Morgan fingerprint density at radius 3 is 2.62 bits per heavy atom. The predicted octanol–water partition coefficient (Wildman–Crippen LogP) is 2.63. The molecule has 0 atom stereocenters. The second-order valence-electron chi connectivity index (χ2n) is 6.83. The third-order valence-electron chi connectivity index (χ3n) is 4.86. The van der Waals surface area contributed by atoms with E-state index in [1.165, 1.54) is 5.69 Å². The van der Waals surface area contributed by atoms with Crippen LogP contribution in [-0.4, -0.2) is 54.8 Å². The third-order valence-corrected chi connectivity index (χ3v) is 4.86. The number of hydrogen-bond acceptors (Lipinski definition) is 5. The first kappa shape index (κ1) is 16.5. The highest BCUT2D eigenvalue weighted by Crippen LogP contribution is 2.30. The van der Waals surface area contributed by atoms with Crippen molar-refractivity contribution in [3.63, 3.8) is 0 Å². The van der Waals surface area contributed by atoms with Gasteiger partial charge in [-0.15, -0.1) is 5.10 Å². The fraction of sp³-hybridized carbons (Fsp3) is 0.316. The Balaban J connectivity index is 1.93. The molecule has 0 unspecified atom stereocenters. The molecule has 0 fully saturated rings. The van der Waals surface area contributed by atoms with Gasteiger partial charge in [-0.1, -0.05) is 12.1 Å². The number of para-hydroxylation sites is 1. The molecular formula is C19H22N6O. The summed E-state index contributed by atoms with van der Waals surface area (Å²) in [6.45, 7) is 6.02. The zero-order valence-electron chi connectivity index (χ0n) is 15.4. The Kier molecular flexibility index (Phi) is 3.88. The maximum absolute atomic E-state index is 10.1. The van der Waals surface area contributed by atoms with Gasteiger partial charge in [0.1, 0.15) is 17.7 Å². The molecule has 7 nitrogen and oxygen atoms in total. The van der Waals surface area contributed by atoms with E-state index in [1.54, 1.807) is 23.0 Å². The van der Waals surface area contributed by atoms with Gasteiger partial charge in [0.25, 0.3) is 0 Å².